The lowest BCUT2D eigenvalue weighted by atomic mass is 9.88. The quantitative estimate of drug-likeness (QED) is 0.269. The maximum Gasteiger partial charge on any atom is 0.237 e. The van der Waals surface area contributed by atoms with E-state index in [0.717, 1.165) is 30.4 Å². The maximum atomic E-state index is 15.3. The molecule has 0 spiro atoms. The molecule has 0 bridgehead atoms. The number of amides is 1. The predicted octanol–water partition coefficient (Wildman–Crippen LogP) is 6.76. The Bertz CT molecular complexity index is 1480. The summed E-state index contributed by atoms with van der Waals surface area (Å²) < 4.78 is 30.0. The van der Waals surface area contributed by atoms with E-state index >= 15 is 4.39 Å². The SMILES string of the molecule is O=C(CN1CCc2ccccc2C1c1c(F)cccc1Cl)N(Cc1ccccc1F)C1Cc2ccccc2C1. The Morgan fingerprint density at radius 3 is 2.18 bits per heavy atom. The highest BCUT2D eigenvalue weighted by Crippen LogP contribution is 2.39. The van der Waals surface area contributed by atoms with Gasteiger partial charge in [0.25, 0.3) is 0 Å². The van der Waals surface area contributed by atoms with E-state index in [1.807, 2.05) is 40.1 Å². The van der Waals surface area contributed by atoms with Crippen molar-refractivity contribution in [3.05, 3.63) is 141 Å². The Morgan fingerprint density at radius 2 is 1.46 bits per heavy atom. The molecule has 0 saturated heterocycles. The van der Waals surface area contributed by atoms with Crippen molar-refractivity contribution < 1.29 is 13.6 Å². The van der Waals surface area contributed by atoms with Gasteiger partial charge in [-0.2, -0.15) is 0 Å². The number of fused-ring (bicyclic) bond motifs is 2. The van der Waals surface area contributed by atoms with E-state index in [1.54, 1.807) is 30.3 Å². The van der Waals surface area contributed by atoms with Crippen molar-refractivity contribution in [2.24, 2.45) is 0 Å². The molecule has 1 unspecified atom stereocenters. The van der Waals surface area contributed by atoms with E-state index in [-0.39, 0.29) is 30.9 Å². The largest absolute Gasteiger partial charge is 0.333 e. The molecular weight excluding hydrogens is 514 g/mol. The molecule has 1 atom stereocenters. The van der Waals surface area contributed by atoms with Crippen molar-refractivity contribution >= 4 is 17.5 Å². The van der Waals surface area contributed by atoms with Crippen LogP contribution in [0.5, 0.6) is 0 Å². The van der Waals surface area contributed by atoms with Crippen LogP contribution in [0.15, 0.2) is 91.0 Å². The first-order valence-electron chi connectivity index (χ1n) is 13.3. The average Bonchev–Trinajstić information content (AvgIpc) is 3.37. The number of rotatable bonds is 6. The number of hydrogen-bond donors (Lipinski definition) is 0. The highest BCUT2D eigenvalue weighted by atomic mass is 35.5. The average molecular weight is 543 g/mol. The Hall–Kier alpha value is -3.54. The smallest absolute Gasteiger partial charge is 0.237 e. The monoisotopic (exact) mass is 542 g/mol. The summed E-state index contributed by atoms with van der Waals surface area (Å²) in [5.41, 5.74) is 5.39. The van der Waals surface area contributed by atoms with Crippen LogP contribution in [0, 0.1) is 11.6 Å². The molecule has 0 aromatic heterocycles. The molecular formula is C33H29ClF2N2O. The molecule has 1 amide bonds. The zero-order valence-corrected chi connectivity index (χ0v) is 22.3. The van der Waals surface area contributed by atoms with Crippen molar-refractivity contribution in [2.45, 2.75) is 37.9 Å². The van der Waals surface area contributed by atoms with Gasteiger partial charge < -0.3 is 4.90 Å². The van der Waals surface area contributed by atoms with Crippen LogP contribution in [0.4, 0.5) is 8.78 Å². The normalized spacial score (nSPS) is 17.1. The van der Waals surface area contributed by atoms with E-state index in [0.29, 0.717) is 22.7 Å². The van der Waals surface area contributed by atoms with Gasteiger partial charge in [-0.1, -0.05) is 84.4 Å². The summed E-state index contributed by atoms with van der Waals surface area (Å²) in [7, 11) is 0. The third-order valence-electron chi connectivity index (χ3n) is 8.08. The third-order valence-corrected chi connectivity index (χ3v) is 8.41. The second kappa shape index (κ2) is 10.9. The number of carbonyl (C=O) groups excluding carboxylic acids is 1. The molecule has 4 aromatic carbocycles. The van der Waals surface area contributed by atoms with Crippen LogP contribution >= 0.6 is 11.6 Å². The van der Waals surface area contributed by atoms with Gasteiger partial charge >= 0.3 is 0 Å². The Labute approximate surface area is 232 Å². The van der Waals surface area contributed by atoms with Gasteiger partial charge in [-0.05, 0) is 59.7 Å². The minimum atomic E-state index is -0.497. The predicted molar refractivity (Wildman–Crippen MR) is 150 cm³/mol. The summed E-state index contributed by atoms with van der Waals surface area (Å²) in [6.45, 7) is 0.835. The minimum Gasteiger partial charge on any atom is -0.333 e. The molecule has 4 aromatic rings. The summed E-state index contributed by atoms with van der Waals surface area (Å²) in [6.07, 6.45) is 2.19. The van der Waals surface area contributed by atoms with Crippen LogP contribution in [-0.4, -0.2) is 34.8 Å². The van der Waals surface area contributed by atoms with Crippen molar-refractivity contribution in [3.63, 3.8) is 0 Å². The third kappa shape index (κ3) is 5.09. The molecule has 2 aliphatic rings. The van der Waals surface area contributed by atoms with Gasteiger partial charge in [-0.3, -0.25) is 9.69 Å². The highest BCUT2D eigenvalue weighted by molar-refractivity contribution is 6.31. The van der Waals surface area contributed by atoms with Crippen LogP contribution in [0.25, 0.3) is 0 Å². The molecule has 6 rings (SSSR count). The van der Waals surface area contributed by atoms with Crippen LogP contribution < -0.4 is 0 Å². The van der Waals surface area contributed by atoms with Crippen molar-refractivity contribution in [2.75, 3.05) is 13.1 Å². The molecule has 6 heteroatoms. The lowest BCUT2D eigenvalue weighted by Gasteiger charge is -2.39. The molecule has 1 heterocycles. The van der Waals surface area contributed by atoms with Gasteiger partial charge in [0, 0.05) is 35.3 Å². The Balaban J connectivity index is 1.34. The molecule has 1 aliphatic heterocycles. The molecule has 39 heavy (non-hydrogen) atoms. The fraction of sp³-hybridized carbons (Fsp3) is 0.242. The second-order valence-electron chi connectivity index (χ2n) is 10.4. The fourth-order valence-electron chi connectivity index (χ4n) is 6.15. The zero-order valence-electron chi connectivity index (χ0n) is 21.5. The van der Waals surface area contributed by atoms with Gasteiger partial charge in [0.05, 0.1) is 12.6 Å². The number of hydrogen-bond acceptors (Lipinski definition) is 2. The lowest BCUT2D eigenvalue weighted by molar-refractivity contribution is -0.136. The van der Waals surface area contributed by atoms with E-state index < -0.39 is 11.9 Å². The first-order chi connectivity index (χ1) is 19.0. The number of halogens is 3. The van der Waals surface area contributed by atoms with Crippen molar-refractivity contribution in [3.8, 4) is 0 Å². The van der Waals surface area contributed by atoms with Gasteiger partial charge in [0.1, 0.15) is 11.6 Å². The van der Waals surface area contributed by atoms with Crippen LogP contribution in [0.3, 0.4) is 0 Å². The van der Waals surface area contributed by atoms with E-state index in [9.17, 15) is 9.18 Å². The van der Waals surface area contributed by atoms with E-state index in [1.165, 1.54) is 23.3 Å². The number of nitrogens with zero attached hydrogens (tertiary/aromatic N) is 2. The number of carbonyl (C=O) groups is 1. The van der Waals surface area contributed by atoms with Gasteiger partial charge in [-0.15, -0.1) is 0 Å². The standard InChI is InChI=1S/C33H29ClF2N2O/c34-28-13-7-15-30(36)32(28)33-27-12-5-3-8-22(27)16-17-37(33)21-31(39)38(20-25-11-4-6-14-29(25)35)26-18-23-9-1-2-10-24(23)19-26/h1-15,26,33H,16-21H2. The lowest BCUT2D eigenvalue weighted by Crippen LogP contribution is -2.48. The molecule has 0 N–H and O–H groups in total. The van der Waals surface area contributed by atoms with E-state index in [4.69, 9.17) is 11.6 Å². The molecule has 0 saturated carbocycles. The van der Waals surface area contributed by atoms with Gasteiger partial charge in [0.2, 0.25) is 5.91 Å². The van der Waals surface area contributed by atoms with Crippen LogP contribution in [0.2, 0.25) is 5.02 Å². The topological polar surface area (TPSA) is 23.6 Å². The summed E-state index contributed by atoms with van der Waals surface area (Å²) in [4.78, 5) is 18.0. The molecule has 198 valence electrons. The Kier molecular flexibility index (Phi) is 7.20. The highest BCUT2D eigenvalue weighted by Gasteiger charge is 2.36. The van der Waals surface area contributed by atoms with Crippen LogP contribution in [-0.2, 0) is 30.6 Å². The summed E-state index contributed by atoms with van der Waals surface area (Å²) in [5.74, 6) is -0.822. The van der Waals surface area contributed by atoms with Gasteiger partial charge in [0.15, 0.2) is 0 Å². The van der Waals surface area contributed by atoms with Crippen molar-refractivity contribution in [1.29, 1.82) is 0 Å². The van der Waals surface area contributed by atoms with E-state index in [2.05, 4.69) is 18.2 Å². The maximum absolute atomic E-state index is 15.3. The first-order valence-corrected chi connectivity index (χ1v) is 13.7. The fourth-order valence-corrected chi connectivity index (χ4v) is 6.42. The summed E-state index contributed by atoms with van der Waals surface area (Å²) >= 11 is 6.57. The second-order valence-corrected chi connectivity index (χ2v) is 10.8. The van der Waals surface area contributed by atoms with Gasteiger partial charge in [-0.25, -0.2) is 8.78 Å². The molecule has 3 nitrogen and oxygen atoms in total. The minimum absolute atomic E-state index is 0.0744. The van der Waals surface area contributed by atoms with Crippen LogP contribution in [0.1, 0.15) is 39.4 Å². The number of benzene rings is 4. The molecule has 0 radical (unpaired) electrons. The zero-order chi connectivity index (χ0) is 26.9. The Morgan fingerprint density at radius 1 is 0.821 bits per heavy atom. The van der Waals surface area contributed by atoms with Crippen molar-refractivity contribution in [1.82, 2.24) is 9.80 Å². The molecule has 1 aliphatic carbocycles. The summed E-state index contributed by atoms with van der Waals surface area (Å²) in [6, 6.07) is 26.9. The first kappa shape index (κ1) is 25.7. The molecule has 0 fully saturated rings. The summed E-state index contributed by atoms with van der Waals surface area (Å²) in [5, 5.41) is 0.337.